The monoisotopic (exact) mass is 377 g/mol. The summed E-state index contributed by atoms with van der Waals surface area (Å²) in [5, 5.41) is 6.43. The van der Waals surface area contributed by atoms with Crippen molar-refractivity contribution >= 4 is 11.6 Å². The molecule has 0 radical (unpaired) electrons. The van der Waals surface area contributed by atoms with E-state index in [0.29, 0.717) is 24.0 Å². The Bertz CT molecular complexity index is 1130. The first-order valence-electron chi connectivity index (χ1n) is 9.69. The number of aromatic nitrogens is 3. The highest BCUT2D eigenvalue weighted by Gasteiger charge is 2.47. The molecule has 2 fully saturated rings. The summed E-state index contributed by atoms with van der Waals surface area (Å²) in [7, 11) is 0. The highest BCUT2D eigenvalue weighted by atomic mass is 16.2. The number of nitrogens with one attached hydrogen (secondary N) is 2. The minimum atomic E-state index is -0.346. The Morgan fingerprint density at radius 2 is 2.04 bits per heavy atom. The second kappa shape index (κ2) is 6.31. The maximum absolute atomic E-state index is 13.5. The topological polar surface area (TPSA) is 82.5 Å². The van der Waals surface area contributed by atoms with Gasteiger partial charge in [-0.2, -0.15) is 0 Å². The van der Waals surface area contributed by atoms with Crippen molar-refractivity contribution < 1.29 is 4.79 Å². The van der Waals surface area contributed by atoms with Crippen molar-refractivity contribution in [2.45, 2.75) is 19.9 Å². The number of benzene rings is 1. The summed E-state index contributed by atoms with van der Waals surface area (Å²) >= 11 is 0. The van der Waals surface area contributed by atoms with Crippen LogP contribution in [0.4, 0.5) is 0 Å². The van der Waals surface area contributed by atoms with Crippen molar-refractivity contribution in [2.75, 3.05) is 19.6 Å². The van der Waals surface area contributed by atoms with Gasteiger partial charge >= 0.3 is 0 Å². The predicted molar refractivity (Wildman–Crippen MR) is 105 cm³/mol. The molecule has 3 aromatic rings. The van der Waals surface area contributed by atoms with Crippen molar-refractivity contribution in [3.8, 4) is 0 Å². The third-order valence-electron chi connectivity index (χ3n) is 6.19. The van der Waals surface area contributed by atoms with Crippen LogP contribution in [0.3, 0.4) is 0 Å². The maximum Gasteiger partial charge on any atom is 0.285 e. The Balaban J connectivity index is 1.59. The second-order valence-electron chi connectivity index (χ2n) is 7.95. The summed E-state index contributed by atoms with van der Waals surface area (Å²) in [4.78, 5) is 32.6. The van der Waals surface area contributed by atoms with Crippen molar-refractivity contribution in [1.82, 2.24) is 24.8 Å². The molecule has 1 amide bonds. The van der Waals surface area contributed by atoms with Gasteiger partial charge in [0.05, 0.1) is 6.04 Å². The molecular weight excluding hydrogens is 354 g/mol. The maximum atomic E-state index is 13.5. The van der Waals surface area contributed by atoms with E-state index in [2.05, 4.69) is 34.5 Å². The van der Waals surface area contributed by atoms with Crippen LogP contribution in [0.5, 0.6) is 0 Å². The fraction of sp³-hybridized carbons (Fsp3) is 0.381. The van der Waals surface area contributed by atoms with Crippen molar-refractivity contribution in [3.05, 3.63) is 69.3 Å². The number of hydrogen-bond acceptors (Lipinski definition) is 4. The number of carbonyl (C=O) groups is 1. The zero-order chi connectivity index (χ0) is 19.4. The molecule has 2 N–H and O–H groups in total. The van der Waals surface area contributed by atoms with Crippen molar-refractivity contribution in [3.63, 3.8) is 0 Å². The molecular formula is C21H23N5O2. The number of aryl methyl sites for hydroxylation is 2. The Kier molecular flexibility index (Phi) is 3.87. The number of fused-ring (bicyclic) bond motifs is 2. The van der Waals surface area contributed by atoms with Gasteiger partial charge in [-0.15, -0.1) is 0 Å². The summed E-state index contributed by atoms with van der Waals surface area (Å²) in [5.41, 5.74) is 3.46. The van der Waals surface area contributed by atoms with Crippen LogP contribution in [0, 0.1) is 25.7 Å². The van der Waals surface area contributed by atoms with Gasteiger partial charge in [0.2, 0.25) is 0 Å². The van der Waals surface area contributed by atoms with E-state index < -0.39 is 0 Å². The zero-order valence-corrected chi connectivity index (χ0v) is 16.0. The van der Waals surface area contributed by atoms with Crippen LogP contribution >= 0.6 is 0 Å². The van der Waals surface area contributed by atoms with Crippen LogP contribution in [-0.2, 0) is 0 Å². The number of carbonyl (C=O) groups excluding carboxylic acids is 1. The van der Waals surface area contributed by atoms with Crippen LogP contribution in [-0.4, -0.2) is 45.0 Å². The lowest BCUT2D eigenvalue weighted by Gasteiger charge is -2.29. The van der Waals surface area contributed by atoms with Gasteiger partial charge in [0, 0.05) is 43.5 Å². The molecule has 0 saturated carbocycles. The van der Waals surface area contributed by atoms with Crippen LogP contribution in [0.25, 0.3) is 5.65 Å². The van der Waals surface area contributed by atoms with Crippen LogP contribution in [0.15, 0.2) is 41.3 Å². The summed E-state index contributed by atoms with van der Waals surface area (Å²) < 4.78 is 1.35. The van der Waals surface area contributed by atoms with E-state index in [1.54, 1.807) is 6.07 Å². The van der Waals surface area contributed by atoms with Gasteiger partial charge in [-0.1, -0.05) is 24.3 Å². The van der Waals surface area contributed by atoms with Gasteiger partial charge < -0.3 is 10.2 Å². The average molecular weight is 377 g/mol. The smallest absolute Gasteiger partial charge is 0.285 e. The van der Waals surface area contributed by atoms with Crippen molar-refractivity contribution in [1.29, 1.82) is 0 Å². The second-order valence-corrected chi connectivity index (χ2v) is 7.95. The van der Waals surface area contributed by atoms with Crippen molar-refractivity contribution in [2.24, 2.45) is 11.8 Å². The third-order valence-corrected chi connectivity index (χ3v) is 6.19. The minimum Gasteiger partial charge on any atom is -0.331 e. The first kappa shape index (κ1) is 17.2. The van der Waals surface area contributed by atoms with E-state index in [0.717, 1.165) is 24.3 Å². The molecule has 4 heterocycles. The Morgan fingerprint density at radius 1 is 1.21 bits per heavy atom. The molecule has 5 rings (SSSR count). The zero-order valence-electron chi connectivity index (χ0n) is 16.0. The molecule has 1 aromatic carbocycles. The Labute approximate surface area is 162 Å². The quantitative estimate of drug-likeness (QED) is 0.712. The molecule has 28 heavy (non-hydrogen) atoms. The van der Waals surface area contributed by atoms with Gasteiger partial charge in [0.15, 0.2) is 5.65 Å². The number of nitrogens with zero attached hydrogens (tertiary/aromatic N) is 3. The molecule has 0 bridgehead atoms. The summed E-state index contributed by atoms with van der Waals surface area (Å²) in [6, 6.07) is 9.98. The largest absolute Gasteiger partial charge is 0.331 e. The Morgan fingerprint density at radius 3 is 2.86 bits per heavy atom. The van der Waals surface area contributed by atoms with E-state index in [1.165, 1.54) is 16.3 Å². The van der Waals surface area contributed by atoms with E-state index in [9.17, 15) is 9.59 Å². The van der Waals surface area contributed by atoms with Gasteiger partial charge in [-0.05, 0) is 30.9 Å². The lowest BCUT2D eigenvalue weighted by atomic mass is 9.87. The molecule has 2 aliphatic rings. The highest BCUT2D eigenvalue weighted by molar-refractivity contribution is 5.94. The van der Waals surface area contributed by atoms with Gasteiger partial charge in [-0.3, -0.25) is 14.7 Å². The molecule has 3 atom stereocenters. The lowest BCUT2D eigenvalue weighted by molar-refractivity contribution is 0.0711. The summed E-state index contributed by atoms with van der Waals surface area (Å²) in [6.45, 7) is 6.39. The predicted octanol–water partition coefficient (Wildman–Crippen LogP) is 1.67. The third kappa shape index (κ3) is 2.50. The normalized spacial score (nSPS) is 24.1. The van der Waals surface area contributed by atoms with Gasteiger partial charge in [0.1, 0.15) is 5.56 Å². The number of hydrogen-bond donors (Lipinski definition) is 2. The van der Waals surface area contributed by atoms with E-state index in [1.807, 2.05) is 24.0 Å². The first-order chi connectivity index (χ1) is 13.5. The molecule has 144 valence electrons. The minimum absolute atomic E-state index is 0.0285. The van der Waals surface area contributed by atoms with Crippen LogP contribution < -0.4 is 10.9 Å². The van der Waals surface area contributed by atoms with Crippen LogP contribution in [0.2, 0.25) is 0 Å². The molecule has 7 heteroatoms. The number of H-pyrrole nitrogens is 1. The van der Waals surface area contributed by atoms with Gasteiger partial charge in [-0.25, -0.2) is 9.50 Å². The van der Waals surface area contributed by atoms with E-state index >= 15 is 0 Å². The SMILES string of the molecule is Cc1cc2ncc(C(=O)N3C[C@@H]4CNC[C@@H]4[C@H]3c3ccccc3C)c(=O)n2[nH]1. The number of aromatic amines is 1. The summed E-state index contributed by atoms with van der Waals surface area (Å²) in [5.74, 6) is 0.528. The average Bonchev–Trinajstić information content (AvgIpc) is 3.36. The molecule has 0 aliphatic carbocycles. The fourth-order valence-corrected chi connectivity index (χ4v) is 4.83. The molecule has 2 aromatic heterocycles. The highest BCUT2D eigenvalue weighted by Crippen LogP contribution is 2.43. The fourth-order valence-electron chi connectivity index (χ4n) is 4.83. The molecule has 0 spiro atoms. The van der Waals surface area contributed by atoms with Crippen LogP contribution in [0.1, 0.15) is 33.2 Å². The molecule has 2 aliphatic heterocycles. The van der Waals surface area contributed by atoms with E-state index in [-0.39, 0.29) is 23.1 Å². The lowest BCUT2D eigenvalue weighted by Crippen LogP contribution is -2.38. The van der Waals surface area contributed by atoms with Gasteiger partial charge in [0.25, 0.3) is 11.5 Å². The number of rotatable bonds is 2. The summed E-state index contributed by atoms with van der Waals surface area (Å²) in [6.07, 6.45) is 1.43. The van der Waals surface area contributed by atoms with E-state index in [4.69, 9.17) is 0 Å². The first-order valence-corrected chi connectivity index (χ1v) is 9.69. The number of likely N-dealkylation sites (tertiary alicyclic amines) is 1. The molecule has 0 unspecified atom stereocenters. The number of amides is 1. The molecule has 7 nitrogen and oxygen atoms in total. The standard InChI is InChI=1S/C21H23N5O2/c1-12-5-3-4-6-15(12)19-16-9-22-8-14(16)11-25(19)20(27)17-10-23-18-7-13(2)24-26(18)21(17)28/h3-7,10,14,16,19,22,24H,8-9,11H2,1-2H3/t14-,16-,19+/m0/s1. The Hall–Kier alpha value is -2.93. The molecule has 2 saturated heterocycles.